The highest BCUT2D eigenvalue weighted by molar-refractivity contribution is 6.01. The fourth-order valence-electron chi connectivity index (χ4n) is 3.11. The van der Waals surface area contributed by atoms with Crippen LogP contribution in [0.2, 0.25) is 0 Å². The Hall–Kier alpha value is -4.31. The average molecular weight is 444 g/mol. The summed E-state index contributed by atoms with van der Waals surface area (Å²) in [6, 6.07) is 24.4. The Morgan fingerprint density at radius 2 is 1.73 bits per heavy atom. The van der Waals surface area contributed by atoms with Crippen LogP contribution < -0.4 is 9.47 Å². The lowest BCUT2D eigenvalue weighted by molar-refractivity contribution is -0.136. The summed E-state index contributed by atoms with van der Waals surface area (Å²) >= 11 is 0. The van der Waals surface area contributed by atoms with E-state index in [1.54, 1.807) is 18.2 Å². The van der Waals surface area contributed by atoms with Crippen molar-refractivity contribution in [2.75, 3.05) is 13.7 Å². The SMILES string of the molecule is CON=C(COc1ccc(COc2ccc(CCC(=O)O)c(C#N)c2)cc1)c1ccccc1. The lowest BCUT2D eigenvalue weighted by Gasteiger charge is -2.11. The number of aryl methyl sites for hydroxylation is 1. The van der Waals surface area contributed by atoms with Crippen molar-refractivity contribution in [3.63, 3.8) is 0 Å². The second-order valence-electron chi connectivity index (χ2n) is 7.13. The summed E-state index contributed by atoms with van der Waals surface area (Å²) in [5, 5.41) is 22.2. The van der Waals surface area contributed by atoms with E-state index in [4.69, 9.17) is 19.4 Å². The molecule has 0 heterocycles. The first-order chi connectivity index (χ1) is 16.1. The molecule has 0 fully saturated rings. The van der Waals surface area contributed by atoms with Crippen LogP contribution >= 0.6 is 0 Å². The number of benzene rings is 3. The molecule has 3 rings (SSSR count). The first-order valence-electron chi connectivity index (χ1n) is 10.3. The van der Waals surface area contributed by atoms with Crippen LogP contribution in [-0.2, 0) is 22.7 Å². The quantitative estimate of drug-likeness (QED) is 0.343. The number of carboxylic acids is 1. The van der Waals surface area contributed by atoms with Gasteiger partial charge in [-0.1, -0.05) is 53.7 Å². The van der Waals surface area contributed by atoms with E-state index in [2.05, 4.69) is 11.2 Å². The lowest BCUT2D eigenvalue weighted by Crippen LogP contribution is -2.13. The van der Waals surface area contributed by atoms with Gasteiger partial charge >= 0.3 is 5.97 Å². The molecule has 3 aromatic rings. The molecule has 0 aromatic heterocycles. The Kier molecular flexibility index (Phi) is 8.43. The molecular weight excluding hydrogens is 420 g/mol. The summed E-state index contributed by atoms with van der Waals surface area (Å²) < 4.78 is 11.6. The Balaban J connectivity index is 1.56. The number of nitriles is 1. The van der Waals surface area contributed by atoms with Gasteiger partial charge in [-0.2, -0.15) is 5.26 Å². The number of nitrogens with zero attached hydrogens (tertiary/aromatic N) is 2. The molecule has 0 aliphatic rings. The molecule has 0 unspecified atom stereocenters. The third-order valence-corrected chi connectivity index (χ3v) is 4.82. The van der Waals surface area contributed by atoms with Crippen molar-refractivity contribution in [2.24, 2.45) is 5.16 Å². The number of hydrogen-bond acceptors (Lipinski definition) is 6. The summed E-state index contributed by atoms with van der Waals surface area (Å²) in [5.41, 5.74) is 3.66. The predicted molar refractivity (Wildman–Crippen MR) is 123 cm³/mol. The van der Waals surface area contributed by atoms with Crippen LogP contribution in [0, 0.1) is 11.3 Å². The standard InChI is InChI=1S/C26H24N2O5/c1-31-28-25(21-5-3-2-4-6-21)18-33-23-11-7-19(8-12-23)17-32-24-13-9-20(10-14-26(29)30)22(15-24)16-27/h2-9,11-13,15H,10,14,17-18H2,1H3,(H,29,30). The summed E-state index contributed by atoms with van der Waals surface area (Å²) in [6.45, 7) is 0.582. The van der Waals surface area contributed by atoms with E-state index in [0.717, 1.165) is 11.1 Å². The average Bonchev–Trinajstić information content (AvgIpc) is 2.85. The zero-order chi connectivity index (χ0) is 23.5. The monoisotopic (exact) mass is 444 g/mol. The minimum atomic E-state index is -0.895. The number of hydrogen-bond donors (Lipinski definition) is 1. The van der Waals surface area contributed by atoms with Crippen molar-refractivity contribution in [3.05, 3.63) is 95.1 Å². The molecule has 168 valence electrons. The molecule has 0 amide bonds. The van der Waals surface area contributed by atoms with Crippen molar-refractivity contribution in [1.82, 2.24) is 0 Å². The van der Waals surface area contributed by atoms with Crippen LogP contribution in [0.25, 0.3) is 0 Å². The molecule has 0 aliphatic heterocycles. The number of rotatable bonds is 11. The van der Waals surface area contributed by atoms with Gasteiger partial charge in [-0.25, -0.2) is 0 Å². The first kappa shape index (κ1) is 23.4. The normalized spacial score (nSPS) is 10.8. The van der Waals surface area contributed by atoms with Gasteiger partial charge in [-0.3, -0.25) is 4.79 Å². The second-order valence-corrected chi connectivity index (χ2v) is 7.13. The maximum Gasteiger partial charge on any atom is 0.303 e. The Bertz CT molecular complexity index is 1140. The number of aliphatic carboxylic acids is 1. The third-order valence-electron chi connectivity index (χ3n) is 4.82. The Labute approximate surface area is 192 Å². The van der Waals surface area contributed by atoms with Crippen molar-refractivity contribution in [1.29, 1.82) is 5.26 Å². The zero-order valence-corrected chi connectivity index (χ0v) is 18.2. The maximum absolute atomic E-state index is 10.8. The summed E-state index contributed by atoms with van der Waals surface area (Å²) in [7, 11) is 1.50. The minimum Gasteiger partial charge on any atom is -0.489 e. The van der Waals surface area contributed by atoms with Gasteiger partial charge in [-0.05, 0) is 41.8 Å². The van der Waals surface area contributed by atoms with Crippen molar-refractivity contribution in [3.8, 4) is 17.6 Å². The van der Waals surface area contributed by atoms with Crippen LogP contribution in [-0.4, -0.2) is 30.5 Å². The van der Waals surface area contributed by atoms with E-state index in [1.165, 1.54) is 7.11 Å². The molecule has 0 aliphatic carbocycles. The molecule has 3 aromatic carbocycles. The van der Waals surface area contributed by atoms with Gasteiger partial charge in [-0.15, -0.1) is 0 Å². The minimum absolute atomic E-state index is 0.0204. The van der Waals surface area contributed by atoms with Crippen molar-refractivity contribution >= 4 is 11.7 Å². The van der Waals surface area contributed by atoms with Gasteiger partial charge in [0.1, 0.15) is 37.5 Å². The summed E-state index contributed by atoms with van der Waals surface area (Å²) in [6.07, 6.45) is 0.286. The van der Waals surface area contributed by atoms with Gasteiger partial charge < -0.3 is 19.4 Å². The highest BCUT2D eigenvalue weighted by atomic mass is 16.6. The predicted octanol–water partition coefficient (Wildman–Crippen LogP) is 4.58. The molecule has 0 radical (unpaired) electrons. The Morgan fingerprint density at radius 1 is 1.00 bits per heavy atom. The first-order valence-corrected chi connectivity index (χ1v) is 10.3. The molecular formula is C26H24N2O5. The van der Waals surface area contributed by atoms with Crippen molar-refractivity contribution in [2.45, 2.75) is 19.4 Å². The fourth-order valence-corrected chi connectivity index (χ4v) is 3.11. The van der Waals surface area contributed by atoms with Crippen LogP contribution in [0.4, 0.5) is 0 Å². The second kappa shape index (κ2) is 11.9. The fraction of sp³-hybridized carbons (Fsp3) is 0.192. The molecule has 7 heteroatoms. The van der Waals surface area contributed by atoms with Crippen LogP contribution in [0.1, 0.15) is 28.7 Å². The van der Waals surface area contributed by atoms with Gasteiger partial charge in [0, 0.05) is 12.0 Å². The number of ether oxygens (including phenoxy) is 2. The van der Waals surface area contributed by atoms with Gasteiger partial charge in [0.25, 0.3) is 0 Å². The molecule has 33 heavy (non-hydrogen) atoms. The largest absolute Gasteiger partial charge is 0.489 e. The van der Waals surface area contributed by atoms with Crippen LogP contribution in [0.3, 0.4) is 0 Å². The van der Waals surface area contributed by atoms with E-state index in [-0.39, 0.29) is 13.0 Å². The number of carboxylic acid groups (broad SMARTS) is 1. The topological polar surface area (TPSA) is 101 Å². The molecule has 1 N–H and O–H groups in total. The summed E-state index contributed by atoms with van der Waals surface area (Å²) in [5.74, 6) is 0.344. The van der Waals surface area contributed by atoms with E-state index in [9.17, 15) is 10.1 Å². The number of carbonyl (C=O) groups is 1. The van der Waals surface area contributed by atoms with E-state index in [0.29, 0.717) is 41.4 Å². The van der Waals surface area contributed by atoms with E-state index in [1.807, 2.05) is 54.6 Å². The molecule has 0 atom stereocenters. The molecule has 0 saturated carbocycles. The highest BCUT2D eigenvalue weighted by Crippen LogP contribution is 2.21. The van der Waals surface area contributed by atoms with E-state index >= 15 is 0 Å². The van der Waals surface area contributed by atoms with Crippen molar-refractivity contribution < 1.29 is 24.2 Å². The molecule has 0 saturated heterocycles. The Morgan fingerprint density at radius 3 is 2.39 bits per heavy atom. The van der Waals surface area contributed by atoms with Gasteiger partial charge in [0.15, 0.2) is 0 Å². The number of oxime groups is 1. The molecule has 0 bridgehead atoms. The highest BCUT2D eigenvalue weighted by Gasteiger charge is 2.08. The summed E-state index contributed by atoms with van der Waals surface area (Å²) in [4.78, 5) is 15.7. The maximum atomic E-state index is 10.8. The molecule has 0 spiro atoms. The van der Waals surface area contributed by atoms with Gasteiger partial charge in [0.2, 0.25) is 0 Å². The third kappa shape index (κ3) is 7.11. The molecule has 7 nitrogen and oxygen atoms in total. The smallest absolute Gasteiger partial charge is 0.303 e. The van der Waals surface area contributed by atoms with Crippen LogP contribution in [0.15, 0.2) is 78.0 Å². The lowest BCUT2D eigenvalue weighted by atomic mass is 10.0. The zero-order valence-electron chi connectivity index (χ0n) is 18.2. The van der Waals surface area contributed by atoms with E-state index < -0.39 is 5.97 Å². The van der Waals surface area contributed by atoms with Crippen LogP contribution in [0.5, 0.6) is 11.5 Å². The van der Waals surface area contributed by atoms with Gasteiger partial charge in [0.05, 0.1) is 11.6 Å².